The zero-order chi connectivity index (χ0) is 12.1. The van der Waals surface area contributed by atoms with Gasteiger partial charge in [-0.3, -0.25) is 4.79 Å². The molecule has 0 aliphatic rings. The molecule has 0 radical (unpaired) electrons. The quantitative estimate of drug-likeness (QED) is 0.661. The van der Waals surface area contributed by atoms with Gasteiger partial charge in [-0.15, -0.1) is 12.4 Å². The molecule has 7 heteroatoms. The maximum atomic E-state index is 10.9. The molecule has 17 heavy (non-hydrogen) atoms. The molecule has 0 bridgehead atoms. The van der Waals surface area contributed by atoms with Crippen molar-refractivity contribution in [2.24, 2.45) is 0 Å². The van der Waals surface area contributed by atoms with Gasteiger partial charge in [-0.1, -0.05) is 23.2 Å². The molecule has 0 aliphatic heterocycles. The van der Waals surface area contributed by atoms with Crippen molar-refractivity contribution < 1.29 is 9.53 Å². The number of rotatable bonds is 4. The minimum atomic E-state index is -0.350. The monoisotopic (exact) mass is 298 g/mol. The van der Waals surface area contributed by atoms with E-state index in [0.717, 1.165) is 0 Å². The van der Waals surface area contributed by atoms with E-state index in [-0.39, 0.29) is 24.9 Å². The number of anilines is 1. The number of ether oxygens (including phenoxy) is 1. The smallest absolute Gasteiger partial charge is 0.319 e. The van der Waals surface area contributed by atoms with Crippen LogP contribution in [0.15, 0.2) is 12.1 Å². The van der Waals surface area contributed by atoms with Crippen LogP contribution >= 0.6 is 35.6 Å². The Morgan fingerprint density at radius 3 is 2.71 bits per heavy atom. The Labute approximate surface area is 116 Å². The first-order valence-corrected chi connectivity index (χ1v) is 5.31. The second-order valence-corrected chi connectivity index (χ2v) is 3.89. The molecule has 0 fully saturated rings. The summed E-state index contributed by atoms with van der Waals surface area (Å²) in [4.78, 5) is 10.9. The summed E-state index contributed by atoms with van der Waals surface area (Å²) in [5.41, 5.74) is 6.95. The Balaban J connectivity index is 0.00000256. The molecule has 0 atom stereocenters. The highest BCUT2D eigenvalue weighted by Crippen LogP contribution is 2.29. The Morgan fingerprint density at radius 1 is 1.47 bits per heavy atom. The highest BCUT2D eigenvalue weighted by Gasteiger charge is 2.09. The summed E-state index contributed by atoms with van der Waals surface area (Å²) >= 11 is 11.8. The number of benzene rings is 1. The van der Waals surface area contributed by atoms with Crippen molar-refractivity contribution in [2.75, 3.05) is 19.4 Å². The number of hydrogen-bond donors (Lipinski definition) is 2. The van der Waals surface area contributed by atoms with Gasteiger partial charge in [-0.25, -0.2) is 0 Å². The van der Waals surface area contributed by atoms with E-state index in [1.54, 1.807) is 12.1 Å². The molecular formula is C10H13Cl3N2O2. The lowest BCUT2D eigenvalue weighted by molar-refractivity contribution is -0.139. The van der Waals surface area contributed by atoms with E-state index in [1.165, 1.54) is 7.11 Å². The molecular weight excluding hydrogens is 286 g/mol. The van der Waals surface area contributed by atoms with Gasteiger partial charge in [0.15, 0.2) is 0 Å². The molecule has 1 rings (SSSR count). The summed E-state index contributed by atoms with van der Waals surface area (Å²) in [5.74, 6) is -0.350. The van der Waals surface area contributed by atoms with Crippen LogP contribution < -0.4 is 11.1 Å². The maximum absolute atomic E-state index is 10.9. The van der Waals surface area contributed by atoms with Gasteiger partial charge in [0.1, 0.15) is 0 Å². The molecule has 0 spiro atoms. The average molecular weight is 300 g/mol. The number of esters is 1. The number of methoxy groups -OCH3 is 1. The van der Waals surface area contributed by atoms with E-state index in [0.29, 0.717) is 27.8 Å². The normalized spacial score (nSPS) is 9.59. The highest BCUT2D eigenvalue weighted by molar-refractivity contribution is 6.42. The summed E-state index contributed by atoms with van der Waals surface area (Å²) < 4.78 is 4.48. The summed E-state index contributed by atoms with van der Waals surface area (Å²) in [6.45, 7) is 0.457. The van der Waals surface area contributed by atoms with Crippen molar-refractivity contribution in [2.45, 2.75) is 6.54 Å². The Bertz CT molecular complexity index is 399. The van der Waals surface area contributed by atoms with Gasteiger partial charge in [-0.05, 0) is 12.1 Å². The molecule has 0 saturated carbocycles. The lowest BCUT2D eigenvalue weighted by Gasteiger charge is -2.10. The number of hydrogen-bond acceptors (Lipinski definition) is 4. The molecule has 0 saturated heterocycles. The molecule has 0 unspecified atom stereocenters. The molecule has 3 N–H and O–H groups in total. The fourth-order valence-electron chi connectivity index (χ4n) is 1.15. The lowest BCUT2D eigenvalue weighted by atomic mass is 10.2. The van der Waals surface area contributed by atoms with Crippen molar-refractivity contribution in [1.29, 1.82) is 0 Å². The zero-order valence-corrected chi connectivity index (χ0v) is 11.5. The summed E-state index contributed by atoms with van der Waals surface area (Å²) in [7, 11) is 1.32. The lowest BCUT2D eigenvalue weighted by Crippen LogP contribution is -2.24. The van der Waals surface area contributed by atoms with Gasteiger partial charge in [0.25, 0.3) is 0 Å². The molecule has 4 nitrogen and oxygen atoms in total. The predicted octanol–water partition coefficient (Wildman–Crippen LogP) is 2.26. The molecule has 1 aromatic carbocycles. The van der Waals surface area contributed by atoms with Crippen LogP contribution in [0.2, 0.25) is 10.0 Å². The average Bonchev–Trinajstić information content (AvgIpc) is 2.28. The van der Waals surface area contributed by atoms with Crippen molar-refractivity contribution in [3.8, 4) is 0 Å². The summed E-state index contributed by atoms with van der Waals surface area (Å²) in [6, 6.07) is 3.30. The molecule has 0 amide bonds. The summed E-state index contributed by atoms with van der Waals surface area (Å²) in [5, 5.41) is 3.70. The van der Waals surface area contributed by atoms with Crippen LogP contribution in [0.5, 0.6) is 0 Å². The molecule has 96 valence electrons. The van der Waals surface area contributed by atoms with Gasteiger partial charge < -0.3 is 15.8 Å². The fourth-order valence-corrected chi connectivity index (χ4v) is 1.56. The van der Waals surface area contributed by atoms with Gasteiger partial charge in [0.05, 0.1) is 23.7 Å². The van der Waals surface area contributed by atoms with Crippen LogP contribution in [0.1, 0.15) is 5.56 Å². The van der Waals surface area contributed by atoms with Crippen LogP contribution in [-0.4, -0.2) is 19.6 Å². The number of nitrogens with one attached hydrogen (secondary N) is 1. The fraction of sp³-hybridized carbons (Fsp3) is 0.300. The van der Waals surface area contributed by atoms with E-state index in [1.807, 2.05) is 0 Å². The van der Waals surface area contributed by atoms with E-state index in [2.05, 4.69) is 10.1 Å². The van der Waals surface area contributed by atoms with Crippen LogP contribution in [0.3, 0.4) is 0 Å². The molecule has 0 aromatic heterocycles. The highest BCUT2D eigenvalue weighted by atomic mass is 35.5. The first-order chi connectivity index (χ1) is 7.56. The predicted molar refractivity (Wildman–Crippen MR) is 71.8 cm³/mol. The number of carbonyl (C=O) groups is 1. The molecule has 0 heterocycles. The van der Waals surface area contributed by atoms with E-state index >= 15 is 0 Å². The van der Waals surface area contributed by atoms with Crippen molar-refractivity contribution >= 4 is 47.3 Å². The van der Waals surface area contributed by atoms with Crippen LogP contribution in [0.4, 0.5) is 5.69 Å². The van der Waals surface area contributed by atoms with Crippen LogP contribution in [0.25, 0.3) is 0 Å². The molecule has 0 aliphatic carbocycles. The van der Waals surface area contributed by atoms with Crippen molar-refractivity contribution in [1.82, 2.24) is 5.32 Å². The Kier molecular flexibility index (Phi) is 7.30. The van der Waals surface area contributed by atoms with Gasteiger partial charge in [0, 0.05) is 17.8 Å². The van der Waals surface area contributed by atoms with E-state index in [4.69, 9.17) is 28.9 Å². The second-order valence-electron chi connectivity index (χ2n) is 3.11. The van der Waals surface area contributed by atoms with Crippen molar-refractivity contribution in [3.05, 3.63) is 27.7 Å². The third-order valence-electron chi connectivity index (χ3n) is 2.03. The minimum absolute atomic E-state index is 0. The van der Waals surface area contributed by atoms with E-state index in [9.17, 15) is 4.79 Å². The van der Waals surface area contributed by atoms with E-state index < -0.39 is 0 Å². The Morgan fingerprint density at radius 2 is 2.12 bits per heavy atom. The third kappa shape index (κ3) is 4.60. The maximum Gasteiger partial charge on any atom is 0.319 e. The number of nitrogens with two attached hydrogens (primary N) is 1. The topological polar surface area (TPSA) is 64.3 Å². The SMILES string of the molecule is COC(=O)CNCc1c(N)ccc(Cl)c1Cl.Cl. The number of nitrogen functional groups attached to an aromatic ring is 1. The second kappa shape index (κ2) is 7.61. The number of carbonyl (C=O) groups excluding carboxylic acids is 1. The van der Waals surface area contributed by atoms with Crippen LogP contribution in [-0.2, 0) is 16.1 Å². The van der Waals surface area contributed by atoms with Gasteiger partial charge in [0.2, 0.25) is 0 Å². The third-order valence-corrected chi connectivity index (χ3v) is 2.87. The zero-order valence-electron chi connectivity index (χ0n) is 9.13. The first-order valence-electron chi connectivity index (χ1n) is 4.56. The molecule has 1 aromatic rings. The first kappa shape index (κ1) is 16.3. The van der Waals surface area contributed by atoms with Gasteiger partial charge in [-0.2, -0.15) is 0 Å². The number of halogens is 3. The summed E-state index contributed by atoms with van der Waals surface area (Å²) in [6.07, 6.45) is 0. The standard InChI is InChI=1S/C10H12Cl2N2O2.ClH/c1-16-9(15)5-14-4-6-8(13)3-2-7(11)10(6)12;/h2-3,14H,4-5,13H2,1H3;1H. The minimum Gasteiger partial charge on any atom is -0.468 e. The Hall–Kier alpha value is -0.680. The largest absolute Gasteiger partial charge is 0.468 e. The van der Waals surface area contributed by atoms with Gasteiger partial charge >= 0.3 is 5.97 Å². The van der Waals surface area contributed by atoms with Crippen molar-refractivity contribution in [3.63, 3.8) is 0 Å². The van der Waals surface area contributed by atoms with Crippen LogP contribution in [0, 0.1) is 0 Å².